The van der Waals surface area contributed by atoms with Crippen LogP contribution in [0.4, 0.5) is 0 Å². The van der Waals surface area contributed by atoms with Crippen LogP contribution in [0.1, 0.15) is 29.8 Å². The first kappa shape index (κ1) is 14.2. The van der Waals surface area contributed by atoms with Crippen LogP contribution in [0.15, 0.2) is 0 Å². The third kappa shape index (κ3) is 3.54. The van der Waals surface area contributed by atoms with Crippen LogP contribution in [-0.4, -0.2) is 36.8 Å². The van der Waals surface area contributed by atoms with Crippen molar-refractivity contribution in [2.24, 2.45) is 5.73 Å². The van der Waals surface area contributed by atoms with E-state index >= 15 is 0 Å². The minimum Gasteiger partial charge on any atom is -0.330 e. The number of nitrogens with two attached hydrogens (primary N) is 1. The minimum atomic E-state index is -2.95. The van der Waals surface area contributed by atoms with Crippen molar-refractivity contribution in [3.8, 4) is 0 Å². The van der Waals surface area contributed by atoms with E-state index in [4.69, 9.17) is 5.73 Å². The Morgan fingerprint density at radius 3 is 2.47 bits per heavy atom. The highest BCUT2D eigenvalue weighted by Gasteiger charge is 2.16. The fourth-order valence-corrected chi connectivity index (χ4v) is 2.52. The molecule has 98 valence electrons. The van der Waals surface area contributed by atoms with Gasteiger partial charge in [-0.25, -0.2) is 8.42 Å². The van der Waals surface area contributed by atoms with Crippen molar-refractivity contribution in [2.45, 2.75) is 33.2 Å². The maximum absolute atomic E-state index is 11.1. The summed E-state index contributed by atoms with van der Waals surface area (Å²) in [6.07, 6.45) is 1.24. The lowest BCUT2D eigenvalue weighted by molar-refractivity contribution is 0.580. The van der Waals surface area contributed by atoms with Gasteiger partial charge >= 0.3 is 0 Å². The first-order valence-corrected chi connectivity index (χ1v) is 7.74. The number of hydrogen-bond donors (Lipinski definition) is 1. The lowest BCUT2D eigenvalue weighted by atomic mass is 9.99. The van der Waals surface area contributed by atoms with Gasteiger partial charge in [-0.1, -0.05) is 6.92 Å². The van der Waals surface area contributed by atoms with E-state index in [1.165, 1.54) is 6.26 Å². The Kier molecular flexibility index (Phi) is 4.32. The molecule has 0 amide bonds. The summed E-state index contributed by atoms with van der Waals surface area (Å²) in [7, 11) is -2.95. The molecule has 1 aromatic rings. The lowest BCUT2D eigenvalue weighted by Gasteiger charge is -2.09. The molecule has 0 radical (unpaired) electrons. The van der Waals surface area contributed by atoms with Crippen molar-refractivity contribution in [2.75, 3.05) is 18.6 Å². The fraction of sp³-hybridized carbons (Fsp3) is 0.727. The van der Waals surface area contributed by atoms with Crippen molar-refractivity contribution in [3.05, 3.63) is 17.0 Å². The molecular formula is C11H21N3O2S. The number of aromatic nitrogens is 2. The van der Waals surface area contributed by atoms with Crippen molar-refractivity contribution < 1.29 is 8.42 Å². The second-order valence-electron chi connectivity index (χ2n) is 4.57. The normalized spacial score (nSPS) is 13.9. The van der Waals surface area contributed by atoms with E-state index in [1.807, 2.05) is 13.8 Å². The van der Waals surface area contributed by atoms with Crippen molar-refractivity contribution >= 4 is 9.84 Å². The molecule has 1 unspecified atom stereocenters. The van der Waals surface area contributed by atoms with Crippen molar-refractivity contribution in [1.82, 2.24) is 9.78 Å². The number of aryl methyl sites for hydroxylation is 2. The molecule has 0 aliphatic heterocycles. The minimum absolute atomic E-state index is 0.116. The zero-order valence-electron chi connectivity index (χ0n) is 10.9. The molecule has 17 heavy (non-hydrogen) atoms. The van der Waals surface area contributed by atoms with Gasteiger partial charge in [0.25, 0.3) is 0 Å². The number of sulfone groups is 1. The summed E-state index contributed by atoms with van der Waals surface area (Å²) < 4.78 is 24.0. The molecule has 1 aromatic heterocycles. The fourth-order valence-electron chi connectivity index (χ4n) is 2.01. The average Bonchev–Trinajstić information content (AvgIpc) is 2.49. The highest BCUT2D eigenvalue weighted by atomic mass is 32.2. The molecule has 0 aliphatic carbocycles. The lowest BCUT2D eigenvalue weighted by Crippen LogP contribution is -2.14. The Labute approximate surface area is 103 Å². The third-order valence-corrected chi connectivity index (χ3v) is 3.88. The largest absolute Gasteiger partial charge is 0.330 e. The summed E-state index contributed by atoms with van der Waals surface area (Å²) >= 11 is 0. The Morgan fingerprint density at radius 1 is 1.41 bits per heavy atom. The molecule has 1 rings (SSSR count). The molecule has 0 bridgehead atoms. The Hall–Kier alpha value is -0.880. The molecule has 0 aromatic carbocycles. The van der Waals surface area contributed by atoms with E-state index in [0.717, 1.165) is 17.0 Å². The van der Waals surface area contributed by atoms with Gasteiger partial charge < -0.3 is 5.73 Å². The van der Waals surface area contributed by atoms with Crippen LogP contribution in [0, 0.1) is 13.8 Å². The summed E-state index contributed by atoms with van der Waals surface area (Å²) in [4.78, 5) is 0. The SMILES string of the molecule is Cc1nn(CCS(C)(=O)=O)c(C)c1C(C)CN. The average molecular weight is 259 g/mol. The highest BCUT2D eigenvalue weighted by molar-refractivity contribution is 7.90. The van der Waals surface area contributed by atoms with Crippen LogP contribution in [-0.2, 0) is 16.4 Å². The number of rotatable bonds is 5. The zero-order chi connectivity index (χ0) is 13.2. The molecule has 5 nitrogen and oxygen atoms in total. The van der Waals surface area contributed by atoms with Crippen LogP contribution in [0.5, 0.6) is 0 Å². The van der Waals surface area contributed by atoms with Gasteiger partial charge in [-0.15, -0.1) is 0 Å². The topological polar surface area (TPSA) is 78.0 Å². The molecule has 6 heteroatoms. The number of hydrogen-bond acceptors (Lipinski definition) is 4. The van der Waals surface area contributed by atoms with Gasteiger partial charge in [0.05, 0.1) is 18.0 Å². The molecule has 1 atom stereocenters. The Morgan fingerprint density at radius 2 is 2.00 bits per heavy atom. The van der Waals surface area contributed by atoms with E-state index in [2.05, 4.69) is 12.0 Å². The summed E-state index contributed by atoms with van der Waals surface area (Å²) in [6.45, 7) is 6.93. The van der Waals surface area contributed by atoms with E-state index in [1.54, 1.807) is 4.68 Å². The van der Waals surface area contributed by atoms with Gasteiger partial charge in [-0.2, -0.15) is 5.10 Å². The Balaban J connectivity index is 2.97. The zero-order valence-corrected chi connectivity index (χ0v) is 11.7. The maximum atomic E-state index is 11.1. The summed E-state index contributed by atoms with van der Waals surface area (Å²) in [5.41, 5.74) is 8.76. The third-order valence-electron chi connectivity index (χ3n) is 2.96. The van der Waals surface area contributed by atoms with Crippen LogP contribution in [0.2, 0.25) is 0 Å². The Bertz CT molecular complexity index is 491. The molecule has 2 N–H and O–H groups in total. The van der Waals surface area contributed by atoms with Gasteiger partial charge in [0.15, 0.2) is 0 Å². The van der Waals surface area contributed by atoms with Crippen LogP contribution >= 0.6 is 0 Å². The molecule has 0 spiro atoms. The van der Waals surface area contributed by atoms with Gasteiger partial charge in [-0.05, 0) is 31.9 Å². The van der Waals surface area contributed by atoms with Gasteiger partial charge in [0.1, 0.15) is 9.84 Å². The van der Waals surface area contributed by atoms with E-state index in [-0.39, 0.29) is 11.7 Å². The summed E-state index contributed by atoms with van der Waals surface area (Å²) in [5, 5.41) is 4.38. The van der Waals surface area contributed by atoms with Crippen LogP contribution in [0.3, 0.4) is 0 Å². The van der Waals surface area contributed by atoms with Crippen LogP contribution < -0.4 is 5.73 Å². The second-order valence-corrected chi connectivity index (χ2v) is 6.83. The highest BCUT2D eigenvalue weighted by Crippen LogP contribution is 2.22. The summed E-state index contributed by atoms with van der Waals surface area (Å²) in [5.74, 6) is 0.368. The first-order chi connectivity index (χ1) is 7.76. The van der Waals surface area contributed by atoms with E-state index in [9.17, 15) is 8.42 Å². The van der Waals surface area contributed by atoms with Gasteiger partial charge in [-0.3, -0.25) is 4.68 Å². The van der Waals surface area contributed by atoms with Crippen molar-refractivity contribution in [1.29, 1.82) is 0 Å². The first-order valence-electron chi connectivity index (χ1n) is 5.68. The molecule has 0 fully saturated rings. The quantitative estimate of drug-likeness (QED) is 0.840. The van der Waals surface area contributed by atoms with Crippen LogP contribution in [0.25, 0.3) is 0 Å². The number of nitrogens with zero attached hydrogens (tertiary/aromatic N) is 2. The van der Waals surface area contributed by atoms with Gasteiger partial charge in [0, 0.05) is 11.9 Å². The predicted molar refractivity (Wildman–Crippen MR) is 68.9 cm³/mol. The molecule has 0 saturated heterocycles. The monoisotopic (exact) mass is 259 g/mol. The van der Waals surface area contributed by atoms with E-state index < -0.39 is 9.84 Å². The van der Waals surface area contributed by atoms with Gasteiger partial charge in [0.2, 0.25) is 0 Å². The molecule has 0 aliphatic rings. The molecule has 1 heterocycles. The smallest absolute Gasteiger partial charge is 0.149 e. The predicted octanol–water partition coefficient (Wildman–Crippen LogP) is 0.607. The molecule has 0 saturated carbocycles. The standard InChI is InChI=1S/C11H21N3O2S/c1-8(7-12)11-9(2)13-14(10(11)3)5-6-17(4,15)16/h8H,5-7,12H2,1-4H3. The van der Waals surface area contributed by atoms with E-state index in [0.29, 0.717) is 13.1 Å². The maximum Gasteiger partial charge on any atom is 0.149 e. The summed E-state index contributed by atoms with van der Waals surface area (Å²) in [6, 6.07) is 0. The van der Waals surface area contributed by atoms with Crippen molar-refractivity contribution in [3.63, 3.8) is 0 Å². The molecular weight excluding hydrogens is 238 g/mol. The second kappa shape index (κ2) is 5.18.